The maximum Gasteiger partial charge on any atom is 0.254 e. The van der Waals surface area contributed by atoms with E-state index < -0.39 is 0 Å². The molecule has 0 aliphatic carbocycles. The van der Waals surface area contributed by atoms with Gasteiger partial charge in [0.05, 0.1) is 10.4 Å². The average molecular weight is 469 g/mol. The third-order valence-electron chi connectivity index (χ3n) is 6.41. The van der Waals surface area contributed by atoms with Crippen molar-refractivity contribution < 1.29 is 4.79 Å². The molecule has 8 heteroatoms. The van der Waals surface area contributed by atoms with Crippen LogP contribution < -0.4 is 4.90 Å². The molecule has 1 fully saturated rings. The number of rotatable bonds is 3. The van der Waals surface area contributed by atoms with E-state index in [-0.39, 0.29) is 11.9 Å². The van der Waals surface area contributed by atoms with E-state index in [1.807, 2.05) is 71.8 Å². The molecule has 0 radical (unpaired) electrons. The third kappa shape index (κ3) is 3.42. The highest BCUT2D eigenvalue weighted by Crippen LogP contribution is 2.31. The van der Waals surface area contributed by atoms with Crippen molar-refractivity contribution >= 4 is 39.7 Å². The van der Waals surface area contributed by atoms with E-state index in [0.717, 1.165) is 44.3 Å². The van der Waals surface area contributed by atoms with Crippen LogP contribution in [0.25, 0.3) is 27.3 Å². The molecule has 170 valence electrons. The molecule has 1 amide bonds. The van der Waals surface area contributed by atoms with E-state index in [1.165, 1.54) is 0 Å². The summed E-state index contributed by atoms with van der Waals surface area (Å²) in [6, 6.07) is 20.0. The molecule has 1 unspecified atom stereocenters. The van der Waals surface area contributed by atoms with Crippen molar-refractivity contribution in [1.82, 2.24) is 24.5 Å². The molecule has 1 saturated heterocycles. The Hall–Kier alpha value is -3.78. The molecule has 1 aliphatic heterocycles. The van der Waals surface area contributed by atoms with Crippen LogP contribution in [-0.4, -0.2) is 56.1 Å². The van der Waals surface area contributed by atoms with Crippen LogP contribution in [0, 0.1) is 6.92 Å². The van der Waals surface area contributed by atoms with Crippen molar-refractivity contribution in [1.29, 1.82) is 0 Å². The molecule has 0 spiro atoms. The molecule has 4 heterocycles. The Morgan fingerprint density at radius 3 is 2.71 bits per heavy atom. The number of carbonyl (C=O) groups is 1. The number of fused-ring (bicyclic) bond motifs is 3. The van der Waals surface area contributed by atoms with Gasteiger partial charge < -0.3 is 9.80 Å². The van der Waals surface area contributed by atoms with E-state index >= 15 is 0 Å². The van der Waals surface area contributed by atoms with Crippen LogP contribution in [0.4, 0.5) is 5.95 Å². The van der Waals surface area contributed by atoms with E-state index in [1.54, 1.807) is 11.3 Å². The Labute approximate surface area is 201 Å². The van der Waals surface area contributed by atoms with Gasteiger partial charge in [-0.25, -0.2) is 9.38 Å². The number of anilines is 1. The van der Waals surface area contributed by atoms with Crippen molar-refractivity contribution in [3.63, 3.8) is 0 Å². The quantitative estimate of drug-likeness (QED) is 0.385. The summed E-state index contributed by atoms with van der Waals surface area (Å²) in [6.45, 7) is 6.11. The molecule has 1 aliphatic rings. The maximum absolute atomic E-state index is 13.2. The smallest absolute Gasteiger partial charge is 0.254 e. The molecule has 0 N–H and O–H groups in total. The molecule has 1 atom stereocenters. The van der Waals surface area contributed by atoms with Gasteiger partial charge in [-0.2, -0.15) is 0 Å². The second-order valence-corrected chi connectivity index (χ2v) is 9.70. The lowest BCUT2D eigenvalue weighted by molar-refractivity contribution is 0.0673. The third-order valence-corrected chi connectivity index (χ3v) is 7.27. The summed E-state index contributed by atoms with van der Waals surface area (Å²) in [5, 5.41) is 12.1. The fourth-order valence-corrected chi connectivity index (χ4v) is 5.43. The van der Waals surface area contributed by atoms with Gasteiger partial charge >= 0.3 is 0 Å². The predicted molar refractivity (Wildman–Crippen MR) is 135 cm³/mol. The van der Waals surface area contributed by atoms with Crippen LogP contribution in [-0.2, 0) is 0 Å². The first-order valence-electron chi connectivity index (χ1n) is 11.4. The summed E-state index contributed by atoms with van der Waals surface area (Å²) in [4.78, 5) is 23.6. The SMILES string of the molecule is Cc1cccc(C(=O)N2CCN(c3nc4ccccc4c4nnc(-c5cccs5)n34)CC2C)c1. The number of nitrogens with zero attached hydrogens (tertiary/aromatic N) is 6. The van der Waals surface area contributed by atoms with E-state index in [4.69, 9.17) is 4.98 Å². The lowest BCUT2D eigenvalue weighted by Gasteiger charge is -2.40. The fourth-order valence-electron chi connectivity index (χ4n) is 4.73. The van der Waals surface area contributed by atoms with Crippen LogP contribution >= 0.6 is 11.3 Å². The lowest BCUT2D eigenvalue weighted by atomic mass is 10.1. The van der Waals surface area contributed by atoms with Gasteiger partial charge in [0.15, 0.2) is 11.5 Å². The van der Waals surface area contributed by atoms with Crippen molar-refractivity contribution in [2.24, 2.45) is 0 Å². The standard InChI is InChI=1S/C26H24N6OS/c1-17-7-5-8-19(15-17)25(33)31-13-12-30(16-18(31)2)26-27-21-10-4-3-9-20(21)23-28-29-24(32(23)26)22-11-6-14-34-22/h3-11,14-15,18H,12-13,16H2,1-2H3. The topological polar surface area (TPSA) is 66.6 Å². The number of piperazine rings is 1. The largest absolute Gasteiger partial charge is 0.338 e. The maximum atomic E-state index is 13.2. The normalized spacial score (nSPS) is 16.5. The lowest BCUT2D eigenvalue weighted by Crippen LogP contribution is -2.54. The minimum atomic E-state index is 0.0340. The number of hydrogen-bond acceptors (Lipinski definition) is 6. The van der Waals surface area contributed by atoms with E-state index in [0.29, 0.717) is 19.6 Å². The first kappa shape index (κ1) is 20.8. The van der Waals surface area contributed by atoms with Crippen LogP contribution in [0.3, 0.4) is 0 Å². The van der Waals surface area contributed by atoms with Crippen LogP contribution in [0.5, 0.6) is 0 Å². The average Bonchev–Trinajstić information content (AvgIpc) is 3.53. The number of benzene rings is 2. The highest BCUT2D eigenvalue weighted by molar-refractivity contribution is 7.13. The Kier molecular flexibility index (Phi) is 5.03. The zero-order chi connectivity index (χ0) is 23.2. The van der Waals surface area contributed by atoms with Gasteiger partial charge in [0.25, 0.3) is 5.91 Å². The van der Waals surface area contributed by atoms with E-state index in [2.05, 4.69) is 32.5 Å². The molecule has 2 aromatic carbocycles. The molecule has 34 heavy (non-hydrogen) atoms. The van der Waals surface area contributed by atoms with Gasteiger partial charge in [-0.05, 0) is 49.6 Å². The Morgan fingerprint density at radius 1 is 1.03 bits per heavy atom. The number of hydrogen-bond donors (Lipinski definition) is 0. The molecular formula is C26H24N6OS. The van der Waals surface area contributed by atoms with Gasteiger partial charge in [0.2, 0.25) is 5.95 Å². The van der Waals surface area contributed by atoms with Gasteiger partial charge in [0.1, 0.15) is 0 Å². The Bertz CT molecular complexity index is 1510. The first-order valence-corrected chi connectivity index (χ1v) is 12.3. The molecule has 3 aromatic heterocycles. The van der Waals surface area contributed by atoms with Gasteiger partial charge in [0, 0.05) is 36.6 Å². The van der Waals surface area contributed by atoms with Crippen molar-refractivity contribution in [3.05, 3.63) is 77.2 Å². The van der Waals surface area contributed by atoms with Crippen molar-refractivity contribution in [2.45, 2.75) is 19.9 Å². The van der Waals surface area contributed by atoms with Gasteiger partial charge in [-0.15, -0.1) is 21.5 Å². The highest BCUT2D eigenvalue weighted by atomic mass is 32.1. The number of carbonyl (C=O) groups excluding carboxylic acids is 1. The second kappa shape index (κ2) is 8.22. The molecule has 0 bridgehead atoms. The van der Waals surface area contributed by atoms with Crippen molar-refractivity contribution in [2.75, 3.05) is 24.5 Å². The van der Waals surface area contributed by atoms with Crippen LogP contribution in [0.1, 0.15) is 22.8 Å². The Balaban J connectivity index is 1.40. The predicted octanol–water partition coefficient (Wildman–Crippen LogP) is 4.67. The molecule has 5 aromatic rings. The van der Waals surface area contributed by atoms with Crippen LogP contribution in [0.15, 0.2) is 66.0 Å². The number of aromatic nitrogens is 4. The summed E-state index contributed by atoms with van der Waals surface area (Å²) < 4.78 is 2.07. The summed E-state index contributed by atoms with van der Waals surface area (Å²) >= 11 is 1.64. The molecule has 0 saturated carbocycles. The van der Waals surface area contributed by atoms with Crippen molar-refractivity contribution in [3.8, 4) is 10.7 Å². The summed E-state index contributed by atoms with van der Waals surface area (Å²) in [7, 11) is 0. The number of para-hydroxylation sites is 1. The van der Waals surface area contributed by atoms with E-state index in [9.17, 15) is 4.79 Å². The second-order valence-electron chi connectivity index (χ2n) is 8.75. The summed E-state index contributed by atoms with van der Waals surface area (Å²) in [5.74, 6) is 1.69. The molecule has 7 nitrogen and oxygen atoms in total. The minimum Gasteiger partial charge on any atom is -0.338 e. The number of thiophene rings is 1. The monoisotopic (exact) mass is 468 g/mol. The number of aryl methyl sites for hydroxylation is 1. The zero-order valence-corrected chi connectivity index (χ0v) is 19.9. The zero-order valence-electron chi connectivity index (χ0n) is 19.0. The van der Waals surface area contributed by atoms with Gasteiger partial charge in [-0.3, -0.25) is 4.79 Å². The Morgan fingerprint density at radius 2 is 1.91 bits per heavy atom. The number of amides is 1. The fraction of sp³-hybridized carbons (Fsp3) is 0.231. The molecule has 6 rings (SSSR count). The summed E-state index contributed by atoms with van der Waals surface area (Å²) in [5.41, 5.74) is 3.52. The minimum absolute atomic E-state index is 0.0340. The molecular weight excluding hydrogens is 444 g/mol. The first-order chi connectivity index (χ1) is 16.6. The van der Waals surface area contributed by atoms with Gasteiger partial charge in [-0.1, -0.05) is 35.9 Å². The highest BCUT2D eigenvalue weighted by Gasteiger charge is 2.31. The summed E-state index contributed by atoms with van der Waals surface area (Å²) in [6.07, 6.45) is 0. The van der Waals surface area contributed by atoms with Crippen LogP contribution in [0.2, 0.25) is 0 Å².